The summed E-state index contributed by atoms with van der Waals surface area (Å²) in [6.45, 7) is 8.20. The van der Waals surface area contributed by atoms with Crippen LogP contribution in [0.3, 0.4) is 0 Å². The number of nitrogens with zero attached hydrogens (tertiary/aromatic N) is 1. The van der Waals surface area contributed by atoms with Crippen LogP contribution in [0.5, 0.6) is 0 Å². The number of oxime groups is 1. The van der Waals surface area contributed by atoms with Crippen LogP contribution in [0, 0.1) is 0 Å². The molecule has 16 heavy (non-hydrogen) atoms. The first kappa shape index (κ1) is 14.4. The zero-order valence-electron chi connectivity index (χ0n) is 10.2. The average molecular weight is 230 g/mol. The second kappa shape index (κ2) is 4.96. The predicted molar refractivity (Wildman–Crippen MR) is 58.7 cm³/mol. The number of esters is 1. The number of carbonyl (C=O) groups excluding carboxylic acids is 2. The van der Waals surface area contributed by atoms with Gasteiger partial charge < -0.3 is 15.3 Å². The Labute approximate surface area is 94.8 Å². The maximum Gasteiger partial charge on any atom is 0.353 e. The van der Waals surface area contributed by atoms with Gasteiger partial charge in [0.2, 0.25) is 5.60 Å². The van der Waals surface area contributed by atoms with Crippen molar-refractivity contribution < 1.29 is 19.2 Å². The molecule has 0 bridgehead atoms. The van der Waals surface area contributed by atoms with Gasteiger partial charge in [0.25, 0.3) is 5.91 Å². The highest BCUT2D eigenvalue weighted by Gasteiger charge is 2.35. The number of rotatable bonds is 4. The van der Waals surface area contributed by atoms with E-state index >= 15 is 0 Å². The smallest absolute Gasteiger partial charge is 0.353 e. The van der Waals surface area contributed by atoms with E-state index in [9.17, 15) is 9.59 Å². The van der Waals surface area contributed by atoms with Crippen LogP contribution in [0.25, 0.3) is 0 Å². The van der Waals surface area contributed by atoms with Crippen molar-refractivity contribution in [3.63, 3.8) is 0 Å². The lowest BCUT2D eigenvalue weighted by atomic mass is 10.1. The minimum Gasteiger partial charge on any atom is -0.457 e. The van der Waals surface area contributed by atoms with Gasteiger partial charge in [0.05, 0.1) is 0 Å². The van der Waals surface area contributed by atoms with Gasteiger partial charge in [-0.3, -0.25) is 4.79 Å². The monoisotopic (exact) mass is 230 g/mol. The van der Waals surface area contributed by atoms with Crippen LogP contribution >= 0.6 is 0 Å². The Morgan fingerprint density at radius 3 is 2.06 bits per heavy atom. The third-order valence-electron chi connectivity index (χ3n) is 1.35. The Hall–Kier alpha value is -1.59. The summed E-state index contributed by atoms with van der Waals surface area (Å²) in [5.41, 5.74) is 2.94. The lowest BCUT2D eigenvalue weighted by Gasteiger charge is -2.26. The van der Waals surface area contributed by atoms with Crippen molar-refractivity contribution in [3.05, 3.63) is 0 Å². The van der Waals surface area contributed by atoms with Gasteiger partial charge in [0.1, 0.15) is 11.8 Å². The van der Waals surface area contributed by atoms with Gasteiger partial charge >= 0.3 is 5.97 Å². The second-order valence-electron chi connectivity index (χ2n) is 4.74. The van der Waals surface area contributed by atoms with Crippen molar-refractivity contribution in [1.82, 2.24) is 0 Å². The largest absolute Gasteiger partial charge is 0.457 e. The quantitative estimate of drug-likeness (QED) is 0.435. The number of ether oxygens (including phenoxy) is 1. The van der Waals surface area contributed by atoms with E-state index in [4.69, 9.17) is 15.3 Å². The van der Waals surface area contributed by atoms with Gasteiger partial charge in [-0.05, 0) is 34.6 Å². The topological polar surface area (TPSA) is 91.0 Å². The summed E-state index contributed by atoms with van der Waals surface area (Å²) in [6.07, 6.45) is 0.784. The molecule has 0 atom stereocenters. The van der Waals surface area contributed by atoms with Crippen molar-refractivity contribution in [2.24, 2.45) is 10.9 Å². The fourth-order valence-corrected chi connectivity index (χ4v) is 0.648. The van der Waals surface area contributed by atoms with Gasteiger partial charge in [0.15, 0.2) is 0 Å². The minimum atomic E-state index is -1.26. The molecule has 92 valence electrons. The molecule has 0 aromatic carbocycles. The van der Waals surface area contributed by atoms with Crippen molar-refractivity contribution in [2.75, 3.05) is 0 Å². The highest BCUT2D eigenvalue weighted by molar-refractivity contribution is 6.25. The summed E-state index contributed by atoms with van der Waals surface area (Å²) in [7, 11) is 0. The zero-order valence-corrected chi connectivity index (χ0v) is 10.2. The van der Waals surface area contributed by atoms with E-state index < -0.39 is 23.1 Å². The van der Waals surface area contributed by atoms with E-state index in [0.29, 0.717) is 0 Å². The van der Waals surface area contributed by atoms with E-state index in [1.807, 2.05) is 0 Å². The number of carbonyl (C=O) groups is 2. The van der Waals surface area contributed by atoms with Gasteiger partial charge in [-0.25, -0.2) is 4.79 Å². The van der Waals surface area contributed by atoms with Crippen molar-refractivity contribution in [2.45, 2.75) is 45.8 Å². The first-order valence-corrected chi connectivity index (χ1v) is 4.79. The van der Waals surface area contributed by atoms with E-state index in [1.54, 1.807) is 20.8 Å². The normalized spacial score (nSPS) is 12.6. The molecule has 6 heteroatoms. The fourth-order valence-electron chi connectivity index (χ4n) is 0.648. The second-order valence-corrected chi connectivity index (χ2v) is 4.74. The first-order chi connectivity index (χ1) is 7.04. The van der Waals surface area contributed by atoms with E-state index in [-0.39, 0.29) is 0 Å². The van der Waals surface area contributed by atoms with Crippen LogP contribution in [-0.4, -0.2) is 29.3 Å². The van der Waals surface area contributed by atoms with Crippen LogP contribution in [0.2, 0.25) is 0 Å². The highest BCUT2D eigenvalue weighted by atomic mass is 16.7. The van der Waals surface area contributed by atoms with E-state index in [1.165, 1.54) is 13.8 Å². The molecule has 0 aromatic heterocycles. The Bertz CT molecular complexity index is 302. The van der Waals surface area contributed by atoms with Gasteiger partial charge in [-0.2, -0.15) is 0 Å². The molecule has 0 aliphatic heterocycles. The molecular formula is C10H18N2O4. The van der Waals surface area contributed by atoms with Crippen LogP contribution in [-0.2, 0) is 19.2 Å². The number of primary amides is 1. The molecule has 0 fully saturated rings. The maximum atomic E-state index is 11.6. The Balaban J connectivity index is 4.43. The summed E-state index contributed by atoms with van der Waals surface area (Å²) in [5, 5.41) is 3.29. The molecule has 1 amide bonds. The molecule has 0 aliphatic rings. The minimum absolute atomic E-state index is 0.568. The number of nitrogens with two attached hydrogens (primary N) is 1. The number of hydrogen-bond donors (Lipinski definition) is 1. The SMILES string of the molecule is CC(C)(C)OC(=O)C(C)(C)O/N=C\C(N)=O. The van der Waals surface area contributed by atoms with Crippen LogP contribution in [0.1, 0.15) is 34.6 Å². The molecule has 6 nitrogen and oxygen atoms in total. The van der Waals surface area contributed by atoms with Gasteiger partial charge in [-0.1, -0.05) is 5.16 Å². The molecule has 0 aliphatic carbocycles. The predicted octanol–water partition coefficient (Wildman–Crippen LogP) is 0.594. The molecule has 0 heterocycles. The molecule has 0 aromatic rings. The molecule has 2 N–H and O–H groups in total. The molecule has 0 unspecified atom stereocenters. The molecule has 0 saturated carbocycles. The molecule has 0 saturated heterocycles. The van der Waals surface area contributed by atoms with E-state index in [2.05, 4.69) is 5.16 Å². The lowest BCUT2D eigenvalue weighted by Crippen LogP contribution is -2.40. The van der Waals surface area contributed by atoms with Crippen molar-refractivity contribution >= 4 is 18.1 Å². The standard InChI is InChI=1S/C10H18N2O4/c1-9(2,3)15-8(14)10(4,5)16-12-6-7(11)13/h6H,1-5H3,(H2,11,13)/b12-6-. The van der Waals surface area contributed by atoms with Gasteiger partial charge in [0, 0.05) is 0 Å². The highest BCUT2D eigenvalue weighted by Crippen LogP contribution is 2.17. The van der Waals surface area contributed by atoms with Crippen molar-refractivity contribution in [3.8, 4) is 0 Å². The Kier molecular flexibility index (Phi) is 4.47. The third kappa shape index (κ3) is 6.00. The van der Waals surface area contributed by atoms with Gasteiger partial charge in [-0.15, -0.1) is 0 Å². The maximum absolute atomic E-state index is 11.6. The summed E-state index contributed by atoms with van der Waals surface area (Å²) in [6, 6.07) is 0. The van der Waals surface area contributed by atoms with Crippen LogP contribution in [0.4, 0.5) is 0 Å². The fraction of sp³-hybridized carbons (Fsp3) is 0.700. The Morgan fingerprint density at radius 1 is 1.19 bits per heavy atom. The zero-order chi connectivity index (χ0) is 13.0. The first-order valence-electron chi connectivity index (χ1n) is 4.79. The Morgan fingerprint density at radius 2 is 1.69 bits per heavy atom. The van der Waals surface area contributed by atoms with Crippen LogP contribution in [0.15, 0.2) is 5.16 Å². The molecule has 0 rings (SSSR count). The number of amides is 1. The molecule has 0 radical (unpaired) electrons. The summed E-state index contributed by atoms with van der Waals surface area (Å²) < 4.78 is 5.11. The van der Waals surface area contributed by atoms with Crippen molar-refractivity contribution in [1.29, 1.82) is 0 Å². The third-order valence-corrected chi connectivity index (χ3v) is 1.35. The summed E-state index contributed by atoms with van der Waals surface area (Å²) in [5.74, 6) is -1.32. The van der Waals surface area contributed by atoms with E-state index in [0.717, 1.165) is 6.21 Å². The molecule has 0 spiro atoms. The average Bonchev–Trinajstić information content (AvgIpc) is 1.99. The van der Waals surface area contributed by atoms with Crippen LogP contribution < -0.4 is 5.73 Å². The summed E-state index contributed by atoms with van der Waals surface area (Å²) in [4.78, 5) is 26.8. The molecular weight excluding hydrogens is 212 g/mol. The lowest BCUT2D eigenvalue weighted by molar-refractivity contribution is -0.179. The number of hydrogen-bond acceptors (Lipinski definition) is 5. The summed E-state index contributed by atoms with van der Waals surface area (Å²) >= 11 is 0.